The van der Waals surface area contributed by atoms with Crippen LogP contribution in [0.5, 0.6) is 5.88 Å². The molecule has 1 aromatic heterocycles. The highest BCUT2D eigenvalue weighted by Gasteiger charge is 2.29. The molecule has 0 aliphatic heterocycles. The summed E-state index contributed by atoms with van der Waals surface area (Å²) in [5.74, 6) is 2.95. The van der Waals surface area contributed by atoms with Crippen molar-refractivity contribution in [2.24, 2.45) is 11.7 Å². The van der Waals surface area contributed by atoms with Crippen molar-refractivity contribution in [1.82, 2.24) is 9.97 Å². The van der Waals surface area contributed by atoms with E-state index < -0.39 is 0 Å². The van der Waals surface area contributed by atoms with Gasteiger partial charge in [-0.3, -0.25) is 0 Å². The Morgan fingerprint density at radius 1 is 1.29 bits per heavy atom. The fraction of sp³-hybridized carbons (Fsp3) is 0.750. The van der Waals surface area contributed by atoms with Crippen LogP contribution in [0.15, 0.2) is 6.07 Å². The van der Waals surface area contributed by atoms with Crippen molar-refractivity contribution in [1.29, 1.82) is 0 Å². The monoisotopic (exact) mass is 292 g/mol. The lowest BCUT2D eigenvalue weighted by molar-refractivity contribution is 0.298. The SMILES string of the molecule is CCOc1cc(N(CC)C2CCCCC2CN)nc(C)n1. The van der Waals surface area contributed by atoms with E-state index in [2.05, 4.69) is 21.8 Å². The van der Waals surface area contributed by atoms with Gasteiger partial charge in [0.25, 0.3) is 0 Å². The van der Waals surface area contributed by atoms with Gasteiger partial charge in [0.15, 0.2) is 0 Å². The lowest BCUT2D eigenvalue weighted by Crippen LogP contribution is -2.45. The van der Waals surface area contributed by atoms with Crippen LogP contribution >= 0.6 is 0 Å². The quantitative estimate of drug-likeness (QED) is 0.873. The number of nitrogens with two attached hydrogens (primary N) is 1. The van der Waals surface area contributed by atoms with Crippen LogP contribution in [0.4, 0.5) is 5.82 Å². The number of nitrogens with zero attached hydrogens (tertiary/aromatic N) is 3. The summed E-state index contributed by atoms with van der Waals surface area (Å²) in [5, 5.41) is 0. The van der Waals surface area contributed by atoms with Crippen molar-refractivity contribution in [2.75, 3.05) is 24.6 Å². The van der Waals surface area contributed by atoms with Gasteiger partial charge >= 0.3 is 0 Å². The zero-order valence-corrected chi connectivity index (χ0v) is 13.5. The molecule has 0 amide bonds. The Hall–Kier alpha value is -1.36. The molecule has 2 rings (SSSR count). The van der Waals surface area contributed by atoms with Gasteiger partial charge in [0.05, 0.1) is 6.61 Å². The molecule has 0 spiro atoms. The molecule has 1 aromatic rings. The second-order valence-electron chi connectivity index (χ2n) is 5.68. The van der Waals surface area contributed by atoms with Crippen LogP contribution in [-0.2, 0) is 0 Å². The van der Waals surface area contributed by atoms with Gasteiger partial charge in [-0.15, -0.1) is 0 Å². The molecular weight excluding hydrogens is 264 g/mol. The van der Waals surface area contributed by atoms with Gasteiger partial charge in [-0.2, -0.15) is 4.98 Å². The van der Waals surface area contributed by atoms with Crippen LogP contribution < -0.4 is 15.4 Å². The predicted molar refractivity (Wildman–Crippen MR) is 85.8 cm³/mol. The molecular formula is C16H28N4O. The molecule has 0 aromatic carbocycles. The average molecular weight is 292 g/mol. The highest BCUT2D eigenvalue weighted by atomic mass is 16.5. The first-order chi connectivity index (χ1) is 10.2. The Labute approximate surface area is 127 Å². The normalized spacial score (nSPS) is 22.1. The largest absolute Gasteiger partial charge is 0.478 e. The number of hydrogen-bond acceptors (Lipinski definition) is 5. The number of rotatable bonds is 6. The first-order valence-electron chi connectivity index (χ1n) is 8.14. The van der Waals surface area contributed by atoms with Gasteiger partial charge in [-0.1, -0.05) is 12.8 Å². The van der Waals surface area contributed by atoms with Crippen molar-refractivity contribution in [2.45, 2.75) is 52.5 Å². The van der Waals surface area contributed by atoms with Gasteiger partial charge in [0.1, 0.15) is 11.6 Å². The van der Waals surface area contributed by atoms with E-state index in [1.165, 1.54) is 25.7 Å². The third-order valence-electron chi connectivity index (χ3n) is 4.30. The van der Waals surface area contributed by atoms with Gasteiger partial charge in [0.2, 0.25) is 5.88 Å². The van der Waals surface area contributed by atoms with Gasteiger partial charge in [-0.25, -0.2) is 4.98 Å². The maximum absolute atomic E-state index is 5.99. The summed E-state index contributed by atoms with van der Waals surface area (Å²) in [6.45, 7) is 8.38. The minimum atomic E-state index is 0.484. The Morgan fingerprint density at radius 3 is 2.71 bits per heavy atom. The van der Waals surface area contributed by atoms with E-state index >= 15 is 0 Å². The smallest absolute Gasteiger partial charge is 0.218 e. The molecule has 1 aliphatic rings. The van der Waals surface area contributed by atoms with E-state index in [9.17, 15) is 0 Å². The summed E-state index contributed by atoms with van der Waals surface area (Å²) in [4.78, 5) is 11.3. The zero-order valence-electron chi connectivity index (χ0n) is 13.5. The number of aromatic nitrogens is 2. The highest BCUT2D eigenvalue weighted by Crippen LogP contribution is 2.31. The third kappa shape index (κ3) is 3.84. The molecule has 0 saturated heterocycles. The van der Waals surface area contributed by atoms with E-state index in [1.54, 1.807) is 0 Å². The van der Waals surface area contributed by atoms with Crippen molar-refractivity contribution in [3.63, 3.8) is 0 Å². The first kappa shape index (κ1) is 16.0. The van der Waals surface area contributed by atoms with Crippen LogP contribution in [0.3, 0.4) is 0 Å². The highest BCUT2D eigenvalue weighted by molar-refractivity contribution is 5.43. The molecule has 5 heteroatoms. The lowest BCUT2D eigenvalue weighted by atomic mass is 9.83. The molecule has 5 nitrogen and oxygen atoms in total. The second-order valence-corrected chi connectivity index (χ2v) is 5.68. The third-order valence-corrected chi connectivity index (χ3v) is 4.30. The number of anilines is 1. The second kappa shape index (κ2) is 7.59. The van der Waals surface area contributed by atoms with Crippen molar-refractivity contribution < 1.29 is 4.74 Å². The van der Waals surface area contributed by atoms with E-state index in [-0.39, 0.29) is 0 Å². The molecule has 2 N–H and O–H groups in total. The van der Waals surface area contributed by atoms with Crippen molar-refractivity contribution >= 4 is 5.82 Å². The van der Waals surface area contributed by atoms with E-state index in [0.29, 0.717) is 24.4 Å². The number of hydrogen-bond donors (Lipinski definition) is 1. The van der Waals surface area contributed by atoms with Crippen LogP contribution in [0.2, 0.25) is 0 Å². The summed E-state index contributed by atoms with van der Waals surface area (Å²) in [7, 11) is 0. The fourth-order valence-electron chi connectivity index (χ4n) is 3.33. The van der Waals surface area contributed by atoms with Gasteiger partial charge < -0.3 is 15.4 Å². The first-order valence-corrected chi connectivity index (χ1v) is 8.14. The standard InChI is InChI=1S/C16H28N4O/c1-4-20(14-9-7-6-8-13(14)11-17)15-10-16(21-5-2)19-12(3)18-15/h10,13-14H,4-9,11,17H2,1-3H3. The van der Waals surface area contributed by atoms with Crippen molar-refractivity contribution in [3.8, 4) is 5.88 Å². The van der Waals surface area contributed by atoms with Gasteiger partial charge in [-0.05, 0) is 46.1 Å². The maximum atomic E-state index is 5.99. The molecule has 21 heavy (non-hydrogen) atoms. The maximum Gasteiger partial charge on any atom is 0.218 e. The molecule has 1 saturated carbocycles. The zero-order chi connectivity index (χ0) is 15.2. The molecule has 1 fully saturated rings. The predicted octanol–water partition coefficient (Wildman–Crippen LogP) is 2.53. The molecule has 2 atom stereocenters. The van der Waals surface area contributed by atoms with Gasteiger partial charge in [0, 0.05) is 18.7 Å². The Kier molecular flexibility index (Phi) is 5.79. The minimum Gasteiger partial charge on any atom is -0.478 e. The fourth-order valence-corrected chi connectivity index (χ4v) is 3.33. The molecule has 118 valence electrons. The topological polar surface area (TPSA) is 64.3 Å². The average Bonchev–Trinajstić information content (AvgIpc) is 2.48. The summed E-state index contributed by atoms with van der Waals surface area (Å²) in [5.41, 5.74) is 5.99. The molecule has 0 bridgehead atoms. The van der Waals surface area contributed by atoms with E-state index in [0.717, 1.165) is 24.7 Å². The number of ether oxygens (including phenoxy) is 1. The molecule has 2 unspecified atom stereocenters. The summed E-state index contributed by atoms with van der Waals surface area (Å²) in [6.07, 6.45) is 4.99. The Bertz CT molecular complexity index is 452. The number of aryl methyl sites for hydroxylation is 1. The lowest BCUT2D eigenvalue weighted by Gasteiger charge is -2.40. The molecule has 1 aliphatic carbocycles. The Morgan fingerprint density at radius 2 is 2.05 bits per heavy atom. The summed E-state index contributed by atoms with van der Waals surface area (Å²) < 4.78 is 5.56. The Balaban J connectivity index is 2.27. The summed E-state index contributed by atoms with van der Waals surface area (Å²) in [6, 6.07) is 2.44. The van der Waals surface area contributed by atoms with E-state index in [1.807, 2.05) is 19.9 Å². The van der Waals surface area contributed by atoms with Crippen LogP contribution in [-0.4, -0.2) is 35.7 Å². The van der Waals surface area contributed by atoms with E-state index in [4.69, 9.17) is 10.5 Å². The minimum absolute atomic E-state index is 0.484. The van der Waals surface area contributed by atoms with Crippen LogP contribution in [0.25, 0.3) is 0 Å². The van der Waals surface area contributed by atoms with Crippen LogP contribution in [0.1, 0.15) is 45.4 Å². The summed E-state index contributed by atoms with van der Waals surface area (Å²) >= 11 is 0. The van der Waals surface area contributed by atoms with Crippen molar-refractivity contribution in [3.05, 3.63) is 11.9 Å². The molecule has 0 radical (unpaired) electrons. The molecule has 1 heterocycles. The van der Waals surface area contributed by atoms with Crippen LogP contribution in [0, 0.1) is 12.8 Å².